The fourth-order valence-corrected chi connectivity index (χ4v) is 7.79. The molecule has 1 heterocycles. The Morgan fingerprint density at radius 3 is 1.57 bits per heavy atom. The molecule has 0 unspecified atom stereocenters. The second-order valence-corrected chi connectivity index (χ2v) is 13.7. The number of anilines is 3. The van der Waals surface area contributed by atoms with Crippen molar-refractivity contribution in [3.63, 3.8) is 0 Å². The van der Waals surface area contributed by atoms with E-state index in [-0.39, 0.29) is 0 Å². The molecule has 10 aromatic rings. The number of hydrogen-bond acceptors (Lipinski definition) is 2. The number of hydrogen-bond donors (Lipinski definition) is 0. The summed E-state index contributed by atoms with van der Waals surface area (Å²) in [5.41, 5.74) is 14.4. The van der Waals surface area contributed by atoms with E-state index < -0.39 is 0 Å². The van der Waals surface area contributed by atoms with E-state index in [1.54, 1.807) is 0 Å². The van der Waals surface area contributed by atoms with Crippen LogP contribution in [0.25, 0.3) is 77.2 Å². The predicted molar refractivity (Wildman–Crippen MR) is 228 cm³/mol. The molecule has 0 atom stereocenters. The summed E-state index contributed by atoms with van der Waals surface area (Å²) in [4.78, 5) is 2.38. The van der Waals surface area contributed by atoms with Gasteiger partial charge in [-0.2, -0.15) is 0 Å². The minimum Gasteiger partial charge on any atom is -0.456 e. The normalized spacial score (nSPS) is 11.3. The van der Waals surface area contributed by atoms with Gasteiger partial charge in [-0.05, 0) is 86.1 Å². The molecule has 0 fully saturated rings. The molecule has 0 aliphatic heterocycles. The van der Waals surface area contributed by atoms with Crippen LogP contribution in [0.15, 0.2) is 217 Å². The van der Waals surface area contributed by atoms with Crippen molar-refractivity contribution in [1.82, 2.24) is 0 Å². The molecule has 2 nitrogen and oxygen atoms in total. The van der Waals surface area contributed by atoms with Gasteiger partial charge in [0.1, 0.15) is 11.2 Å². The van der Waals surface area contributed by atoms with Gasteiger partial charge in [-0.3, -0.25) is 0 Å². The van der Waals surface area contributed by atoms with E-state index in [4.69, 9.17) is 4.42 Å². The SMILES string of the molecule is c1ccc(-c2ccc(-c3ccc(N(c4ccc5c(c4)oc4ccccc45)c4cc(-c5cccc6ccccc56)ccc4-c4ccccc4)cc3)cc2)cc1. The summed E-state index contributed by atoms with van der Waals surface area (Å²) >= 11 is 0. The highest BCUT2D eigenvalue weighted by molar-refractivity contribution is 6.06. The number of para-hydroxylation sites is 1. The fourth-order valence-electron chi connectivity index (χ4n) is 7.79. The van der Waals surface area contributed by atoms with Crippen molar-refractivity contribution < 1.29 is 4.42 Å². The van der Waals surface area contributed by atoms with Gasteiger partial charge in [-0.15, -0.1) is 0 Å². The zero-order valence-corrected chi connectivity index (χ0v) is 29.6. The molecule has 54 heavy (non-hydrogen) atoms. The Balaban J connectivity index is 1.15. The first kappa shape index (κ1) is 31.6. The molecule has 0 aliphatic rings. The lowest BCUT2D eigenvalue weighted by Gasteiger charge is -2.29. The smallest absolute Gasteiger partial charge is 0.137 e. The van der Waals surface area contributed by atoms with Gasteiger partial charge < -0.3 is 9.32 Å². The van der Waals surface area contributed by atoms with Crippen LogP contribution in [0.1, 0.15) is 0 Å². The van der Waals surface area contributed by atoms with Crippen LogP contribution in [0, 0.1) is 0 Å². The zero-order chi connectivity index (χ0) is 35.8. The Morgan fingerprint density at radius 1 is 0.296 bits per heavy atom. The lowest BCUT2D eigenvalue weighted by molar-refractivity contribution is 0.669. The highest BCUT2D eigenvalue weighted by Gasteiger charge is 2.21. The Morgan fingerprint density at radius 2 is 0.833 bits per heavy atom. The predicted octanol–water partition coefficient (Wildman–Crippen LogP) is 14.9. The zero-order valence-electron chi connectivity index (χ0n) is 29.6. The van der Waals surface area contributed by atoms with Crippen molar-refractivity contribution in [2.45, 2.75) is 0 Å². The van der Waals surface area contributed by atoms with E-state index in [0.29, 0.717) is 0 Å². The van der Waals surface area contributed by atoms with Gasteiger partial charge in [0.25, 0.3) is 0 Å². The maximum absolute atomic E-state index is 6.46. The van der Waals surface area contributed by atoms with Crippen LogP contribution in [0.3, 0.4) is 0 Å². The van der Waals surface area contributed by atoms with Gasteiger partial charge in [0.15, 0.2) is 0 Å². The number of furan rings is 1. The average Bonchev–Trinajstić information content (AvgIpc) is 3.62. The average molecular weight is 690 g/mol. The summed E-state index contributed by atoms with van der Waals surface area (Å²) in [7, 11) is 0. The molecule has 254 valence electrons. The van der Waals surface area contributed by atoms with Crippen LogP contribution < -0.4 is 4.90 Å². The molecule has 0 aliphatic carbocycles. The third kappa shape index (κ3) is 5.71. The van der Waals surface area contributed by atoms with Crippen LogP contribution in [0.5, 0.6) is 0 Å². The third-order valence-electron chi connectivity index (χ3n) is 10.5. The Hall–Kier alpha value is -7.16. The molecule has 2 heteroatoms. The van der Waals surface area contributed by atoms with E-state index in [1.165, 1.54) is 38.6 Å². The second-order valence-electron chi connectivity index (χ2n) is 13.7. The molecular formula is C52H35NO. The number of fused-ring (bicyclic) bond motifs is 4. The maximum atomic E-state index is 6.46. The van der Waals surface area contributed by atoms with Crippen molar-refractivity contribution in [3.05, 3.63) is 212 Å². The maximum Gasteiger partial charge on any atom is 0.137 e. The van der Waals surface area contributed by atoms with Crippen molar-refractivity contribution in [2.75, 3.05) is 4.90 Å². The Labute approximate surface area is 314 Å². The van der Waals surface area contributed by atoms with E-state index in [1.807, 2.05) is 12.1 Å². The Kier molecular flexibility index (Phi) is 7.85. The summed E-state index contributed by atoms with van der Waals surface area (Å²) in [6.07, 6.45) is 0. The van der Waals surface area contributed by atoms with E-state index >= 15 is 0 Å². The molecule has 0 N–H and O–H groups in total. The van der Waals surface area contributed by atoms with Crippen molar-refractivity contribution in [2.24, 2.45) is 0 Å². The molecule has 0 saturated carbocycles. The summed E-state index contributed by atoms with van der Waals surface area (Å²) in [6.45, 7) is 0. The van der Waals surface area contributed by atoms with Crippen LogP contribution in [0.4, 0.5) is 17.1 Å². The molecular weight excluding hydrogens is 655 g/mol. The first-order chi connectivity index (χ1) is 26.8. The standard InChI is InChI=1S/C52H35NO/c1-3-12-36(13-4-1)37-22-24-38(25-23-37)39-26-29-43(30-27-39)53(44-31-33-49-48-19-9-10-21-51(48)54-52(49)35-44)50-34-42(28-32-47(50)41-14-5-2-6-15-41)46-20-11-17-40-16-7-8-18-45(40)46/h1-35H. The van der Waals surface area contributed by atoms with Gasteiger partial charge in [0.05, 0.1) is 5.69 Å². The molecule has 0 saturated heterocycles. The van der Waals surface area contributed by atoms with Crippen molar-refractivity contribution in [1.29, 1.82) is 0 Å². The minimum absolute atomic E-state index is 0.861. The van der Waals surface area contributed by atoms with Gasteiger partial charge in [-0.1, -0.05) is 170 Å². The van der Waals surface area contributed by atoms with Crippen LogP contribution in [-0.2, 0) is 0 Å². The van der Waals surface area contributed by atoms with Crippen molar-refractivity contribution in [3.8, 4) is 44.5 Å². The van der Waals surface area contributed by atoms with Crippen LogP contribution in [-0.4, -0.2) is 0 Å². The highest BCUT2D eigenvalue weighted by atomic mass is 16.3. The largest absolute Gasteiger partial charge is 0.456 e. The summed E-state index contributed by atoms with van der Waals surface area (Å²) in [6, 6.07) is 75.9. The lowest BCUT2D eigenvalue weighted by atomic mass is 9.94. The minimum atomic E-state index is 0.861. The monoisotopic (exact) mass is 689 g/mol. The van der Waals surface area contributed by atoms with Crippen LogP contribution >= 0.6 is 0 Å². The number of benzene rings is 9. The summed E-state index contributed by atoms with van der Waals surface area (Å²) in [5, 5.41) is 4.69. The molecule has 0 bridgehead atoms. The molecule has 0 amide bonds. The van der Waals surface area contributed by atoms with Gasteiger partial charge in [0, 0.05) is 33.8 Å². The lowest BCUT2D eigenvalue weighted by Crippen LogP contribution is -2.11. The Bertz CT molecular complexity index is 2900. The summed E-state index contributed by atoms with van der Waals surface area (Å²) < 4.78 is 6.46. The number of nitrogens with zero attached hydrogens (tertiary/aromatic N) is 1. The highest BCUT2D eigenvalue weighted by Crippen LogP contribution is 2.45. The molecule has 0 spiro atoms. The van der Waals surface area contributed by atoms with E-state index in [0.717, 1.165) is 55.7 Å². The van der Waals surface area contributed by atoms with Gasteiger partial charge >= 0.3 is 0 Å². The van der Waals surface area contributed by atoms with Crippen molar-refractivity contribution >= 4 is 49.8 Å². The van der Waals surface area contributed by atoms with Crippen LogP contribution in [0.2, 0.25) is 0 Å². The topological polar surface area (TPSA) is 16.4 Å². The first-order valence-electron chi connectivity index (χ1n) is 18.4. The van der Waals surface area contributed by atoms with Gasteiger partial charge in [0.2, 0.25) is 0 Å². The second kappa shape index (κ2) is 13.4. The van der Waals surface area contributed by atoms with E-state index in [2.05, 4.69) is 205 Å². The molecule has 1 aromatic heterocycles. The quantitative estimate of drug-likeness (QED) is 0.166. The van der Waals surface area contributed by atoms with Gasteiger partial charge in [-0.25, -0.2) is 0 Å². The third-order valence-corrected chi connectivity index (χ3v) is 10.5. The summed E-state index contributed by atoms with van der Waals surface area (Å²) in [5.74, 6) is 0. The molecule has 0 radical (unpaired) electrons. The molecule has 10 rings (SSSR count). The van der Waals surface area contributed by atoms with E-state index in [9.17, 15) is 0 Å². The fraction of sp³-hybridized carbons (Fsp3) is 0. The first-order valence-corrected chi connectivity index (χ1v) is 18.4. The molecule has 9 aromatic carbocycles. The number of rotatable bonds is 7.